The molecule has 190 valence electrons. The van der Waals surface area contributed by atoms with Gasteiger partial charge in [-0.2, -0.15) is 0 Å². The summed E-state index contributed by atoms with van der Waals surface area (Å²) in [7, 11) is 2.19. The summed E-state index contributed by atoms with van der Waals surface area (Å²) in [4.78, 5) is 26.6. The minimum atomic E-state index is -0.141. The van der Waals surface area contributed by atoms with E-state index >= 15 is 0 Å². The lowest BCUT2D eigenvalue weighted by Crippen LogP contribution is -2.46. The van der Waals surface area contributed by atoms with Gasteiger partial charge < -0.3 is 16.0 Å². The number of hydrogen-bond acceptors (Lipinski definition) is 6. The first-order valence-corrected chi connectivity index (χ1v) is 13.0. The lowest BCUT2D eigenvalue weighted by atomic mass is 9.86. The molecule has 1 atom stereocenters. The zero-order valence-electron chi connectivity index (χ0n) is 21.8. The van der Waals surface area contributed by atoms with Gasteiger partial charge in [-0.15, -0.1) is 0 Å². The van der Waals surface area contributed by atoms with Crippen LogP contribution in [-0.2, 0) is 6.42 Å². The second-order valence-electron chi connectivity index (χ2n) is 10.1. The summed E-state index contributed by atoms with van der Waals surface area (Å²) in [6.45, 7) is 8.25. The van der Waals surface area contributed by atoms with E-state index in [9.17, 15) is 4.79 Å². The molecule has 3 aromatic rings. The highest BCUT2D eigenvalue weighted by atomic mass is 16.1. The Balaban J connectivity index is 1.31. The van der Waals surface area contributed by atoms with Gasteiger partial charge in [-0.05, 0) is 87.0 Å². The number of carbonyl (C=O) groups is 1. The topological polar surface area (TPSA) is 87.4 Å². The highest BCUT2D eigenvalue weighted by molar-refractivity contribution is 6.04. The molecule has 0 spiro atoms. The number of rotatable bonds is 3. The predicted molar refractivity (Wildman–Crippen MR) is 147 cm³/mol. The highest BCUT2D eigenvalue weighted by Crippen LogP contribution is 2.36. The quantitative estimate of drug-likeness (QED) is 0.536. The number of amides is 1. The number of carbonyl (C=O) groups excluding carboxylic acids is 1. The van der Waals surface area contributed by atoms with E-state index in [1.807, 2.05) is 31.2 Å². The molecule has 7 heteroatoms. The van der Waals surface area contributed by atoms with Crippen molar-refractivity contribution in [2.45, 2.75) is 39.2 Å². The van der Waals surface area contributed by atoms with Crippen molar-refractivity contribution in [3.05, 3.63) is 81.8 Å². The number of anilines is 2. The highest BCUT2D eigenvalue weighted by Gasteiger charge is 2.28. The molecule has 5 rings (SSSR count). The molecular weight excluding hydrogens is 460 g/mol. The Morgan fingerprint density at radius 1 is 1.08 bits per heavy atom. The number of nitrogens with one attached hydrogen (secondary N) is 1. The van der Waals surface area contributed by atoms with Crippen LogP contribution in [0.4, 0.5) is 11.5 Å². The molecule has 1 aromatic heterocycles. The van der Waals surface area contributed by atoms with E-state index in [2.05, 4.69) is 56.1 Å². The average molecular weight is 495 g/mol. The molecule has 2 heterocycles. The van der Waals surface area contributed by atoms with Crippen LogP contribution in [0.1, 0.15) is 62.9 Å². The van der Waals surface area contributed by atoms with E-state index < -0.39 is 0 Å². The molecule has 1 amide bonds. The Hall–Kier alpha value is -3.73. The van der Waals surface area contributed by atoms with E-state index in [4.69, 9.17) is 5.73 Å². The summed E-state index contributed by atoms with van der Waals surface area (Å²) in [5, 5.41) is 3.10. The van der Waals surface area contributed by atoms with E-state index in [0.29, 0.717) is 28.8 Å². The molecule has 1 aliphatic heterocycles. The summed E-state index contributed by atoms with van der Waals surface area (Å²) in [6, 6.07) is 12.5. The Kier molecular flexibility index (Phi) is 7.22. The Labute approximate surface area is 219 Å². The third-order valence-electron chi connectivity index (χ3n) is 7.47. The predicted octanol–water partition coefficient (Wildman–Crippen LogP) is 3.95. The summed E-state index contributed by atoms with van der Waals surface area (Å²) in [5.41, 5.74) is 12.9. The molecule has 2 aliphatic rings. The molecule has 1 fully saturated rings. The van der Waals surface area contributed by atoms with Gasteiger partial charge in [0, 0.05) is 49.0 Å². The van der Waals surface area contributed by atoms with Crippen molar-refractivity contribution in [3.8, 4) is 11.8 Å². The molecule has 3 N–H and O–H groups in total. The minimum Gasteiger partial charge on any atom is -0.382 e. The number of nitrogens with zero attached hydrogens (tertiary/aromatic N) is 4. The zero-order chi connectivity index (χ0) is 25.9. The number of piperazine rings is 1. The second-order valence-corrected chi connectivity index (χ2v) is 10.1. The zero-order valence-corrected chi connectivity index (χ0v) is 21.8. The number of fused-ring (bicyclic) bond motifs is 1. The fourth-order valence-electron chi connectivity index (χ4n) is 5.16. The molecule has 0 saturated carbocycles. The van der Waals surface area contributed by atoms with Gasteiger partial charge >= 0.3 is 0 Å². The molecule has 37 heavy (non-hydrogen) atoms. The van der Waals surface area contributed by atoms with E-state index in [1.165, 1.54) is 24.0 Å². The van der Waals surface area contributed by atoms with Crippen LogP contribution < -0.4 is 11.1 Å². The summed E-state index contributed by atoms with van der Waals surface area (Å²) in [6.07, 6.45) is 5.00. The van der Waals surface area contributed by atoms with Crippen LogP contribution in [0, 0.1) is 25.7 Å². The smallest absolute Gasteiger partial charge is 0.255 e. The normalized spacial score (nSPS) is 18.0. The molecule has 1 saturated heterocycles. The van der Waals surface area contributed by atoms with Crippen LogP contribution in [0.3, 0.4) is 0 Å². The van der Waals surface area contributed by atoms with Crippen molar-refractivity contribution in [1.82, 2.24) is 19.8 Å². The van der Waals surface area contributed by atoms with Crippen LogP contribution in [0.15, 0.2) is 42.6 Å². The fraction of sp³-hybridized carbons (Fsp3) is 0.367. The maximum atomic E-state index is 13.1. The summed E-state index contributed by atoms with van der Waals surface area (Å²) >= 11 is 0. The van der Waals surface area contributed by atoms with Crippen molar-refractivity contribution in [2.75, 3.05) is 44.3 Å². The average Bonchev–Trinajstić information content (AvgIpc) is 2.90. The monoisotopic (exact) mass is 494 g/mol. The Morgan fingerprint density at radius 3 is 2.68 bits per heavy atom. The van der Waals surface area contributed by atoms with Gasteiger partial charge in [0.25, 0.3) is 5.91 Å². The first-order chi connectivity index (χ1) is 17.9. The number of aryl methyl sites for hydroxylation is 3. The summed E-state index contributed by atoms with van der Waals surface area (Å²) in [5.74, 6) is 6.43. The maximum absolute atomic E-state index is 13.1. The number of nitrogen functional groups attached to an aromatic ring is 1. The Morgan fingerprint density at radius 2 is 1.89 bits per heavy atom. The lowest BCUT2D eigenvalue weighted by Gasteiger charge is -2.40. The number of likely N-dealkylation sites (N-methyl/N-ethyl adjacent to an activating group) is 1. The van der Waals surface area contributed by atoms with Crippen LogP contribution in [0.5, 0.6) is 0 Å². The largest absolute Gasteiger partial charge is 0.382 e. The van der Waals surface area contributed by atoms with E-state index in [-0.39, 0.29) is 5.91 Å². The van der Waals surface area contributed by atoms with Gasteiger partial charge in [0.1, 0.15) is 11.5 Å². The fourth-order valence-corrected chi connectivity index (χ4v) is 5.16. The third-order valence-corrected chi connectivity index (χ3v) is 7.47. The van der Waals surface area contributed by atoms with Crippen LogP contribution in [-0.4, -0.2) is 58.9 Å². The molecule has 0 bridgehead atoms. The first-order valence-electron chi connectivity index (χ1n) is 13.0. The van der Waals surface area contributed by atoms with Crippen LogP contribution >= 0.6 is 0 Å². The maximum Gasteiger partial charge on any atom is 0.255 e. The number of aromatic nitrogens is 2. The number of benzene rings is 2. The van der Waals surface area contributed by atoms with Gasteiger partial charge in [-0.3, -0.25) is 9.69 Å². The van der Waals surface area contributed by atoms with Gasteiger partial charge in [-0.25, -0.2) is 9.97 Å². The molecule has 7 nitrogen and oxygen atoms in total. The SMILES string of the molecule is Cc1ccc(C(=O)Nc2ccc3c(c2)CCC[C@@H]3N2CCN(C)CC2)cc1C#Cc1cnc(N)c(C)n1. The van der Waals surface area contributed by atoms with Crippen molar-refractivity contribution in [1.29, 1.82) is 0 Å². The standard InChI is InChI=1S/C30H34N6O/c1-20-7-8-24(17-22(20)9-10-26-19-32-29(31)21(2)33-26)30(37)34-25-11-12-27-23(18-25)5-4-6-28(27)36-15-13-35(3)14-16-36/h7-8,11-12,17-19,28H,4-6,13-16H2,1-3H3,(H2,31,32)(H,34,37)/t28-/m0/s1. The molecular formula is C30H34N6O. The Bertz CT molecular complexity index is 1380. The first kappa shape index (κ1) is 24.9. The lowest BCUT2D eigenvalue weighted by molar-refractivity contribution is 0.102. The van der Waals surface area contributed by atoms with E-state index in [1.54, 1.807) is 13.1 Å². The van der Waals surface area contributed by atoms with Crippen molar-refractivity contribution in [2.24, 2.45) is 0 Å². The molecule has 0 radical (unpaired) electrons. The van der Waals surface area contributed by atoms with Crippen molar-refractivity contribution < 1.29 is 4.79 Å². The van der Waals surface area contributed by atoms with Gasteiger partial charge in [-0.1, -0.05) is 18.1 Å². The molecule has 1 aliphatic carbocycles. The van der Waals surface area contributed by atoms with Gasteiger partial charge in [0.15, 0.2) is 0 Å². The number of hydrogen-bond donors (Lipinski definition) is 2. The van der Waals surface area contributed by atoms with E-state index in [0.717, 1.165) is 49.4 Å². The minimum absolute atomic E-state index is 0.141. The summed E-state index contributed by atoms with van der Waals surface area (Å²) < 4.78 is 0. The molecule has 2 aromatic carbocycles. The van der Waals surface area contributed by atoms with Gasteiger partial charge in [0.2, 0.25) is 0 Å². The molecule has 0 unspecified atom stereocenters. The second kappa shape index (κ2) is 10.7. The van der Waals surface area contributed by atoms with Crippen molar-refractivity contribution >= 4 is 17.4 Å². The van der Waals surface area contributed by atoms with Crippen LogP contribution in [0.2, 0.25) is 0 Å². The number of nitrogens with two attached hydrogens (primary N) is 1. The van der Waals surface area contributed by atoms with Gasteiger partial charge in [0.05, 0.1) is 11.9 Å². The van der Waals surface area contributed by atoms with Crippen molar-refractivity contribution in [3.63, 3.8) is 0 Å². The third kappa shape index (κ3) is 5.66. The van der Waals surface area contributed by atoms with Crippen LogP contribution in [0.25, 0.3) is 0 Å².